The van der Waals surface area contributed by atoms with Crippen molar-refractivity contribution >= 4 is 5.97 Å². The summed E-state index contributed by atoms with van der Waals surface area (Å²) in [5.41, 5.74) is 1.63. The summed E-state index contributed by atoms with van der Waals surface area (Å²) in [6.45, 7) is 6.36. The second kappa shape index (κ2) is 9.81. The van der Waals surface area contributed by atoms with Crippen LogP contribution in [0, 0.1) is 6.92 Å². The molecule has 96 valence electrons. The van der Waals surface area contributed by atoms with Gasteiger partial charge in [-0.05, 0) is 19.1 Å². The molecule has 0 bridgehead atoms. The van der Waals surface area contributed by atoms with E-state index in [1.165, 1.54) is 0 Å². The van der Waals surface area contributed by atoms with E-state index in [0.29, 0.717) is 12.0 Å². The molecule has 0 fully saturated rings. The van der Waals surface area contributed by atoms with Gasteiger partial charge in [0.15, 0.2) is 0 Å². The van der Waals surface area contributed by atoms with Crippen LogP contribution in [0.2, 0.25) is 0 Å². The molecule has 0 aromatic heterocycles. The molecule has 0 saturated heterocycles. The highest BCUT2D eigenvalue weighted by Gasteiger charge is 2.05. The number of carbonyl (C=O) groups is 1. The Morgan fingerprint density at radius 3 is 2.29 bits per heavy atom. The monoisotopic (exact) mass is 240 g/mol. The van der Waals surface area contributed by atoms with Crippen LogP contribution in [-0.4, -0.2) is 24.4 Å². The van der Waals surface area contributed by atoms with Crippen molar-refractivity contribution in [1.29, 1.82) is 0 Å². The summed E-state index contributed by atoms with van der Waals surface area (Å²) in [6.07, 6.45) is 0.480. The largest absolute Gasteiger partial charge is 0.462 e. The third-order valence-electron chi connectivity index (χ3n) is 1.90. The molecule has 4 nitrogen and oxygen atoms in total. The number of rotatable bonds is 5. The SMILES string of the molecule is CC.Cc1ccc(C(=O)OCCCOO)cc1. The maximum atomic E-state index is 11.4. The Labute approximate surface area is 102 Å². The average Bonchev–Trinajstić information content (AvgIpc) is 2.38. The molecule has 1 N–H and O–H groups in total. The average molecular weight is 240 g/mol. The Morgan fingerprint density at radius 2 is 1.76 bits per heavy atom. The van der Waals surface area contributed by atoms with Crippen LogP contribution >= 0.6 is 0 Å². The predicted octanol–water partition coefficient (Wildman–Crippen LogP) is 3.06. The van der Waals surface area contributed by atoms with Gasteiger partial charge in [0.1, 0.15) is 0 Å². The first kappa shape index (κ1) is 15.6. The number of hydrogen-bond acceptors (Lipinski definition) is 4. The molecule has 17 heavy (non-hydrogen) atoms. The Bertz CT molecular complexity index is 306. The van der Waals surface area contributed by atoms with E-state index < -0.39 is 0 Å². The zero-order valence-corrected chi connectivity index (χ0v) is 10.6. The van der Waals surface area contributed by atoms with Gasteiger partial charge in [0.05, 0.1) is 18.8 Å². The smallest absolute Gasteiger partial charge is 0.338 e. The number of esters is 1. The lowest BCUT2D eigenvalue weighted by atomic mass is 10.1. The van der Waals surface area contributed by atoms with Crippen LogP contribution in [0.15, 0.2) is 24.3 Å². The normalized spacial score (nSPS) is 9.18. The van der Waals surface area contributed by atoms with Gasteiger partial charge in [-0.3, -0.25) is 5.26 Å². The van der Waals surface area contributed by atoms with Crippen LogP contribution < -0.4 is 0 Å². The minimum Gasteiger partial charge on any atom is -0.462 e. The standard InChI is InChI=1S/C11H14O4.C2H6/c1-9-3-5-10(6-4-9)11(12)14-7-2-8-15-13;1-2/h3-6,13H,2,7-8H2,1H3;1-2H3. The molecule has 0 spiro atoms. The molecular weight excluding hydrogens is 220 g/mol. The van der Waals surface area contributed by atoms with E-state index in [2.05, 4.69) is 4.89 Å². The van der Waals surface area contributed by atoms with Gasteiger partial charge in [0, 0.05) is 6.42 Å². The van der Waals surface area contributed by atoms with Gasteiger partial charge < -0.3 is 4.74 Å². The topological polar surface area (TPSA) is 55.8 Å². The van der Waals surface area contributed by atoms with Crippen LogP contribution in [-0.2, 0) is 9.62 Å². The highest BCUT2D eigenvalue weighted by molar-refractivity contribution is 5.89. The third kappa shape index (κ3) is 6.71. The van der Waals surface area contributed by atoms with Crippen LogP contribution in [0.5, 0.6) is 0 Å². The molecule has 0 aliphatic heterocycles. The van der Waals surface area contributed by atoms with Gasteiger partial charge >= 0.3 is 5.97 Å². The van der Waals surface area contributed by atoms with E-state index in [9.17, 15) is 4.79 Å². The molecule has 0 unspecified atom stereocenters. The van der Waals surface area contributed by atoms with E-state index in [1.807, 2.05) is 32.9 Å². The number of benzene rings is 1. The molecular formula is C13H20O4. The molecule has 1 rings (SSSR count). The minimum atomic E-state index is -0.354. The highest BCUT2D eigenvalue weighted by atomic mass is 17.1. The second-order valence-corrected chi connectivity index (χ2v) is 3.19. The van der Waals surface area contributed by atoms with Crippen molar-refractivity contribution in [3.8, 4) is 0 Å². The maximum absolute atomic E-state index is 11.4. The van der Waals surface area contributed by atoms with Crippen molar-refractivity contribution in [3.05, 3.63) is 35.4 Å². The molecule has 0 amide bonds. The Kier molecular flexibility index (Phi) is 9.01. The van der Waals surface area contributed by atoms with E-state index in [0.717, 1.165) is 5.56 Å². The van der Waals surface area contributed by atoms with E-state index in [-0.39, 0.29) is 19.2 Å². The van der Waals surface area contributed by atoms with Gasteiger partial charge in [-0.2, -0.15) is 0 Å². The summed E-state index contributed by atoms with van der Waals surface area (Å²) in [5.74, 6) is -0.354. The maximum Gasteiger partial charge on any atom is 0.338 e. The van der Waals surface area contributed by atoms with Crippen molar-refractivity contribution in [3.63, 3.8) is 0 Å². The van der Waals surface area contributed by atoms with Crippen LogP contribution in [0.3, 0.4) is 0 Å². The van der Waals surface area contributed by atoms with Gasteiger partial charge in [-0.25, -0.2) is 9.68 Å². The van der Waals surface area contributed by atoms with E-state index in [4.69, 9.17) is 9.99 Å². The van der Waals surface area contributed by atoms with Crippen molar-refractivity contribution in [2.24, 2.45) is 0 Å². The van der Waals surface area contributed by atoms with Gasteiger partial charge in [0.2, 0.25) is 0 Å². The lowest BCUT2D eigenvalue weighted by molar-refractivity contribution is -0.243. The number of aryl methyl sites for hydroxylation is 1. The predicted molar refractivity (Wildman–Crippen MR) is 66.0 cm³/mol. The van der Waals surface area contributed by atoms with Crippen molar-refractivity contribution < 1.29 is 19.7 Å². The summed E-state index contributed by atoms with van der Waals surface area (Å²) in [7, 11) is 0. The number of hydrogen-bond donors (Lipinski definition) is 1. The minimum absolute atomic E-state index is 0.168. The third-order valence-corrected chi connectivity index (χ3v) is 1.90. The van der Waals surface area contributed by atoms with Crippen molar-refractivity contribution in [1.82, 2.24) is 0 Å². The van der Waals surface area contributed by atoms with Gasteiger partial charge in [-0.1, -0.05) is 31.5 Å². The summed E-state index contributed by atoms with van der Waals surface area (Å²) in [5, 5.41) is 8.04. The van der Waals surface area contributed by atoms with E-state index >= 15 is 0 Å². The lowest BCUT2D eigenvalue weighted by Crippen LogP contribution is -2.07. The molecule has 0 atom stereocenters. The molecule has 1 aromatic rings. The summed E-state index contributed by atoms with van der Waals surface area (Å²) < 4.78 is 4.94. The van der Waals surface area contributed by atoms with Gasteiger partial charge in [-0.15, -0.1) is 0 Å². The van der Waals surface area contributed by atoms with Crippen LogP contribution in [0.4, 0.5) is 0 Å². The quantitative estimate of drug-likeness (QED) is 0.372. The van der Waals surface area contributed by atoms with Crippen LogP contribution in [0.25, 0.3) is 0 Å². The van der Waals surface area contributed by atoms with Crippen molar-refractivity contribution in [2.45, 2.75) is 27.2 Å². The number of carbonyl (C=O) groups excluding carboxylic acids is 1. The Balaban J connectivity index is 0.00000121. The number of ether oxygens (including phenoxy) is 1. The molecule has 1 aromatic carbocycles. The Morgan fingerprint density at radius 1 is 1.18 bits per heavy atom. The first-order valence-electron chi connectivity index (χ1n) is 5.74. The lowest BCUT2D eigenvalue weighted by Gasteiger charge is -2.03. The zero-order chi connectivity index (χ0) is 13.1. The van der Waals surface area contributed by atoms with Crippen LogP contribution in [0.1, 0.15) is 36.2 Å². The molecule has 0 saturated carbocycles. The second-order valence-electron chi connectivity index (χ2n) is 3.19. The first-order chi connectivity index (χ1) is 8.24. The highest BCUT2D eigenvalue weighted by Crippen LogP contribution is 2.04. The van der Waals surface area contributed by atoms with Crippen molar-refractivity contribution in [2.75, 3.05) is 13.2 Å². The fourth-order valence-electron chi connectivity index (χ4n) is 1.06. The Hall–Kier alpha value is -1.39. The fraction of sp³-hybridized carbons (Fsp3) is 0.462. The molecule has 4 heteroatoms. The zero-order valence-electron chi connectivity index (χ0n) is 10.6. The summed E-state index contributed by atoms with van der Waals surface area (Å²) >= 11 is 0. The molecule has 0 aliphatic rings. The molecule has 0 aliphatic carbocycles. The fourth-order valence-corrected chi connectivity index (χ4v) is 1.06. The summed E-state index contributed by atoms with van der Waals surface area (Å²) in [6, 6.07) is 7.15. The summed E-state index contributed by atoms with van der Waals surface area (Å²) in [4.78, 5) is 15.2. The van der Waals surface area contributed by atoms with Gasteiger partial charge in [0.25, 0.3) is 0 Å². The molecule has 0 radical (unpaired) electrons. The molecule has 0 heterocycles. The first-order valence-corrected chi connectivity index (χ1v) is 5.74. The van der Waals surface area contributed by atoms with E-state index in [1.54, 1.807) is 12.1 Å².